The van der Waals surface area contributed by atoms with Gasteiger partial charge in [0.05, 0.1) is 24.2 Å². The van der Waals surface area contributed by atoms with Crippen LogP contribution in [0.1, 0.15) is 42.6 Å². The predicted octanol–water partition coefficient (Wildman–Crippen LogP) is 2.33. The van der Waals surface area contributed by atoms with Crippen LogP contribution in [0, 0.1) is 0 Å². The molecule has 0 spiro atoms. The second-order valence-corrected chi connectivity index (χ2v) is 9.01. The summed E-state index contributed by atoms with van der Waals surface area (Å²) in [5.41, 5.74) is 3.34. The van der Waals surface area contributed by atoms with Crippen molar-refractivity contribution in [2.24, 2.45) is 0 Å². The zero-order valence-electron chi connectivity index (χ0n) is 15.6. The Morgan fingerprint density at radius 1 is 1.23 bits per heavy atom. The first-order valence-corrected chi connectivity index (χ1v) is 11.1. The Hall–Kier alpha value is -1.70. The molecule has 0 radical (unpaired) electrons. The van der Waals surface area contributed by atoms with Gasteiger partial charge >= 0.3 is 0 Å². The fourth-order valence-electron chi connectivity index (χ4n) is 3.39. The van der Waals surface area contributed by atoms with Crippen molar-refractivity contribution in [3.63, 3.8) is 0 Å². The lowest BCUT2D eigenvalue weighted by Gasteiger charge is -2.22. The topological polar surface area (TPSA) is 67.2 Å². The van der Waals surface area contributed by atoms with E-state index in [1.54, 1.807) is 0 Å². The van der Waals surface area contributed by atoms with E-state index in [1.165, 1.54) is 17.5 Å². The molecule has 0 saturated heterocycles. The van der Waals surface area contributed by atoms with Crippen LogP contribution in [0.4, 0.5) is 0 Å². The van der Waals surface area contributed by atoms with Crippen LogP contribution in [-0.2, 0) is 29.7 Å². The molecule has 142 valence electrons. The van der Waals surface area contributed by atoms with E-state index in [0.29, 0.717) is 5.92 Å². The van der Waals surface area contributed by atoms with E-state index in [9.17, 15) is 8.42 Å². The van der Waals surface area contributed by atoms with Crippen LogP contribution < -0.4 is 4.72 Å². The normalized spacial score (nSPS) is 16.8. The first-order valence-electron chi connectivity index (χ1n) is 9.18. The predicted molar refractivity (Wildman–Crippen MR) is 103 cm³/mol. The Morgan fingerprint density at radius 2 is 2.00 bits per heavy atom. The van der Waals surface area contributed by atoms with E-state index in [1.807, 2.05) is 10.7 Å². The number of nitrogens with zero attached hydrogens (tertiary/aromatic N) is 3. The molecule has 0 unspecified atom stereocenters. The number of rotatable bonds is 7. The van der Waals surface area contributed by atoms with Gasteiger partial charge in [0.2, 0.25) is 10.0 Å². The molecular formula is C19H28N4O2S. The van der Waals surface area contributed by atoms with Crippen molar-refractivity contribution in [2.75, 3.05) is 19.3 Å². The van der Waals surface area contributed by atoms with Gasteiger partial charge in [-0.1, -0.05) is 37.3 Å². The molecule has 1 aromatic carbocycles. The largest absolute Gasteiger partial charge is 0.297 e. The molecule has 1 aromatic heterocycles. The summed E-state index contributed by atoms with van der Waals surface area (Å²) in [6, 6.07) is 12.7. The van der Waals surface area contributed by atoms with Gasteiger partial charge in [0.1, 0.15) is 0 Å². The molecule has 0 aliphatic carbocycles. The standard InChI is InChI=1S/C19H28N4O2S/c1-16(17-7-4-3-5-8-17)9-12-22-10-6-11-23-19(15-22)13-18(21-23)14-20-26(2,24)25/h3-5,7-8,13,16,20H,6,9-12,14-15H2,1-2H3/t16-/m1/s1. The Balaban J connectivity index is 1.58. The highest BCUT2D eigenvalue weighted by Gasteiger charge is 2.18. The molecule has 1 atom stereocenters. The smallest absolute Gasteiger partial charge is 0.209 e. The zero-order valence-corrected chi connectivity index (χ0v) is 16.4. The van der Waals surface area contributed by atoms with Gasteiger partial charge in [-0.3, -0.25) is 9.58 Å². The first-order chi connectivity index (χ1) is 12.4. The van der Waals surface area contributed by atoms with E-state index < -0.39 is 10.0 Å². The zero-order chi connectivity index (χ0) is 18.6. The minimum atomic E-state index is -3.20. The summed E-state index contributed by atoms with van der Waals surface area (Å²) in [6.07, 6.45) is 3.36. The van der Waals surface area contributed by atoms with E-state index in [-0.39, 0.29) is 6.54 Å². The maximum Gasteiger partial charge on any atom is 0.209 e. The van der Waals surface area contributed by atoms with Crippen LogP contribution in [0.15, 0.2) is 36.4 Å². The van der Waals surface area contributed by atoms with Gasteiger partial charge in [-0.2, -0.15) is 5.10 Å². The monoisotopic (exact) mass is 376 g/mol. The summed E-state index contributed by atoms with van der Waals surface area (Å²) in [7, 11) is -3.20. The number of nitrogens with one attached hydrogen (secondary N) is 1. The van der Waals surface area contributed by atoms with Crippen LogP contribution in [0.3, 0.4) is 0 Å². The van der Waals surface area contributed by atoms with Gasteiger partial charge in [-0.25, -0.2) is 13.1 Å². The fourth-order valence-corrected chi connectivity index (χ4v) is 3.80. The summed E-state index contributed by atoms with van der Waals surface area (Å²) in [5, 5.41) is 4.55. The first kappa shape index (κ1) is 19.1. The summed E-state index contributed by atoms with van der Waals surface area (Å²) in [6.45, 7) is 6.42. The van der Waals surface area contributed by atoms with Crippen LogP contribution in [0.2, 0.25) is 0 Å². The number of hydrogen-bond acceptors (Lipinski definition) is 4. The van der Waals surface area contributed by atoms with Crippen LogP contribution in [0.5, 0.6) is 0 Å². The maximum atomic E-state index is 11.3. The van der Waals surface area contributed by atoms with Crippen molar-refractivity contribution in [3.05, 3.63) is 53.3 Å². The summed E-state index contributed by atoms with van der Waals surface area (Å²) >= 11 is 0. The second kappa shape index (κ2) is 8.33. The fraction of sp³-hybridized carbons (Fsp3) is 0.526. The summed E-state index contributed by atoms with van der Waals surface area (Å²) in [4.78, 5) is 2.48. The Labute approximate surface area is 156 Å². The van der Waals surface area contributed by atoms with Crippen LogP contribution in [0.25, 0.3) is 0 Å². The second-order valence-electron chi connectivity index (χ2n) is 7.17. The summed E-state index contributed by atoms with van der Waals surface area (Å²) in [5.74, 6) is 0.541. The molecular weight excluding hydrogens is 348 g/mol. The van der Waals surface area contributed by atoms with Crippen molar-refractivity contribution in [1.29, 1.82) is 0 Å². The quantitative estimate of drug-likeness (QED) is 0.805. The Bertz CT molecular complexity index is 817. The average Bonchev–Trinajstić information content (AvgIpc) is 2.89. The van der Waals surface area contributed by atoms with Gasteiger partial charge in [-0.05, 0) is 36.9 Å². The highest BCUT2D eigenvalue weighted by molar-refractivity contribution is 7.88. The SMILES string of the molecule is C[C@H](CCN1CCCn2nc(CNS(C)(=O)=O)cc2C1)c1ccccc1. The molecule has 7 heteroatoms. The van der Waals surface area contributed by atoms with Crippen molar-refractivity contribution in [1.82, 2.24) is 19.4 Å². The van der Waals surface area contributed by atoms with Gasteiger partial charge < -0.3 is 0 Å². The van der Waals surface area contributed by atoms with E-state index in [0.717, 1.165) is 44.7 Å². The Kier molecular flexibility index (Phi) is 6.11. The number of aryl methyl sites for hydroxylation is 1. The third-order valence-electron chi connectivity index (χ3n) is 4.91. The van der Waals surface area contributed by atoms with Gasteiger partial charge in [0.15, 0.2) is 0 Å². The Morgan fingerprint density at radius 3 is 2.73 bits per heavy atom. The van der Waals surface area contributed by atoms with Crippen LogP contribution >= 0.6 is 0 Å². The van der Waals surface area contributed by atoms with E-state index >= 15 is 0 Å². The van der Waals surface area contributed by atoms with Gasteiger partial charge in [0, 0.05) is 19.6 Å². The lowest BCUT2D eigenvalue weighted by Crippen LogP contribution is -2.25. The van der Waals surface area contributed by atoms with Crippen molar-refractivity contribution >= 4 is 10.0 Å². The van der Waals surface area contributed by atoms with E-state index in [2.05, 4.69) is 52.0 Å². The highest BCUT2D eigenvalue weighted by Crippen LogP contribution is 2.21. The molecule has 26 heavy (non-hydrogen) atoms. The molecule has 3 rings (SSSR count). The molecule has 0 amide bonds. The molecule has 0 bridgehead atoms. The number of sulfonamides is 1. The molecule has 2 heterocycles. The average molecular weight is 377 g/mol. The molecule has 2 aromatic rings. The molecule has 1 aliphatic rings. The van der Waals surface area contributed by atoms with Crippen molar-refractivity contribution < 1.29 is 8.42 Å². The summed E-state index contributed by atoms with van der Waals surface area (Å²) < 4.78 is 27.1. The van der Waals surface area contributed by atoms with E-state index in [4.69, 9.17) is 0 Å². The molecule has 0 fully saturated rings. The lowest BCUT2D eigenvalue weighted by atomic mass is 9.98. The number of aromatic nitrogens is 2. The third-order valence-corrected chi connectivity index (χ3v) is 5.57. The molecule has 6 nitrogen and oxygen atoms in total. The number of hydrogen-bond donors (Lipinski definition) is 1. The number of benzene rings is 1. The van der Waals surface area contributed by atoms with Crippen molar-refractivity contribution in [2.45, 2.75) is 45.3 Å². The highest BCUT2D eigenvalue weighted by atomic mass is 32.2. The van der Waals surface area contributed by atoms with Gasteiger partial charge in [0.25, 0.3) is 0 Å². The lowest BCUT2D eigenvalue weighted by molar-refractivity contribution is 0.260. The van der Waals surface area contributed by atoms with Gasteiger partial charge in [-0.15, -0.1) is 0 Å². The maximum absolute atomic E-state index is 11.3. The number of fused-ring (bicyclic) bond motifs is 1. The minimum absolute atomic E-state index is 0.254. The molecule has 1 aliphatic heterocycles. The van der Waals surface area contributed by atoms with Crippen LogP contribution in [-0.4, -0.2) is 42.4 Å². The molecule has 0 saturated carbocycles. The minimum Gasteiger partial charge on any atom is -0.297 e. The molecule has 1 N–H and O–H groups in total. The third kappa shape index (κ3) is 5.40. The van der Waals surface area contributed by atoms with Crippen molar-refractivity contribution in [3.8, 4) is 0 Å².